The Kier molecular flexibility index (Phi) is 8.04. The molecular formula is C18H31N2O8P. The molecule has 166 valence electrons. The SMILES string of the molecule is CCOC(=O)C1=C(C)N(NC(=O)OC(C)(C)C)C(=O)C1(C)P(=O)(OCC)OCC. The number of nitrogens with zero attached hydrogens (tertiary/aromatic N) is 1. The van der Waals surface area contributed by atoms with Crippen molar-refractivity contribution in [1.29, 1.82) is 0 Å². The average molecular weight is 434 g/mol. The van der Waals surface area contributed by atoms with Crippen LogP contribution in [0, 0.1) is 0 Å². The molecule has 1 rings (SSSR count). The van der Waals surface area contributed by atoms with Gasteiger partial charge in [0.05, 0.1) is 31.1 Å². The first-order valence-electron chi connectivity index (χ1n) is 9.40. The van der Waals surface area contributed by atoms with Gasteiger partial charge in [-0.3, -0.25) is 9.36 Å². The summed E-state index contributed by atoms with van der Waals surface area (Å²) in [5, 5.41) is -1.19. The largest absolute Gasteiger partial charge is 0.463 e. The maximum Gasteiger partial charge on any atom is 0.427 e. The van der Waals surface area contributed by atoms with E-state index in [4.69, 9.17) is 18.5 Å². The van der Waals surface area contributed by atoms with Crippen LogP contribution in [0.3, 0.4) is 0 Å². The molecule has 1 aliphatic rings. The van der Waals surface area contributed by atoms with Gasteiger partial charge < -0.3 is 18.5 Å². The van der Waals surface area contributed by atoms with Gasteiger partial charge in [-0.2, -0.15) is 0 Å². The lowest BCUT2D eigenvalue weighted by Crippen LogP contribution is -2.50. The summed E-state index contributed by atoms with van der Waals surface area (Å²) in [6.07, 6.45) is -0.916. The Morgan fingerprint density at radius 1 is 1.10 bits per heavy atom. The van der Waals surface area contributed by atoms with E-state index in [1.165, 1.54) is 13.8 Å². The van der Waals surface area contributed by atoms with Crippen LogP contribution in [0.5, 0.6) is 0 Å². The summed E-state index contributed by atoms with van der Waals surface area (Å²) in [7, 11) is -4.17. The Morgan fingerprint density at radius 2 is 1.62 bits per heavy atom. The normalized spacial score (nSPS) is 20.1. The quantitative estimate of drug-likeness (QED) is 0.457. The lowest BCUT2D eigenvalue weighted by atomic mass is 10.0. The Balaban J connectivity index is 3.52. The van der Waals surface area contributed by atoms with Gasteiger partial charge in [0, 0.05) is 0 Å². The fraction of sp³-hybridized carbons (Fsp3) is 0.722. The number of carbonyl (C=O) groups excluding carboxylic acids is 3. The molecule has 1 heterocycles. The Hall–Kier alpha value is -1.90. The van der Waals surface area contributed by atoms with Crippen LogP contribution in [0.15, 0.2) is 11.3 Å². The molecule has 29 heavy (non-hydrogen) atoms. The van der Waals surface area contributed by atoms with E-state index < -0.39 is 36.3 Å². The zero-order chi connectivity index (χ0) is 22.6. The van der Waals surface area contributed by atoms with Gasteiger partial charge in [-0.15, -0.1) is 0 Å². The average Bonchev–Trinajstić information content (AvgIpc) is 2.76. The number of carbonyl (C=O) groups is 3. The summed E-state index contributed by atoms with van der Waals surface area (Å²) >= 11 is 0. The number of rotatable bonds is 8. The number of amides is 2. The highest BCUT2D eigenvalue weighted by atomic mass is 31.2. The number of hydrogen-bond acceptors (Lipinski definition) is 8. The second kappa shape index (κ2) is 9.28. The standard InChI is InChI=1S/C18H31N2O8P/c1-9-25-14(21)13-12(4)20(19-16(23)28-17(5,6)7)15(22)18(13,8)29(24,26-10-2)27-11-3/h9-11H2,1-8H3,(H,19,23). The molecule has 1 atom stereocenters. The summed E-state index contributed by atoms with van der Waals surface area (Å²) in [6.45, 7) is 12.5. The van der Waals surface area contributed by atoms with E-state index >= 15 is 0 Å². The molecule has 0 fully saturated rings. The molecule has 10 nitrogen and oxygen atoms in total. The van der Waals surface area contributed by atoms with Crippen LogP contribution < -0.4 is 5.43 Å². The fourth-order valence-electron chi connectivity index (χ4n) is 2.91. The van der Waals surface area contributed by atoms with Crippen LogP contribution in [0.2, 0.25) is 0 Å². The molecule has 0 aliphatic carbocycles. The molecule has 1 aliphatic heterocycles. The maximum atomic E-state index is 13.6. The molecular weight excluding hydrogens is 403 g/mol. The van der Waals surface area contributed by atoms with Crippen LogP contribution in [-0.4, -0.2) is 53.6 Å². The topological polar surface area (TPSA) is 120 Å². The van der Waals surface area contributed by atoms with Gasteiger partial charge in [-0.1, -0.05) is 0 Å². The third-order valence-corrected chi connectivity index (χ3v) is 6.74. The summed E-state index contributed by atoms with van der Waals surface area (Å²) in [6, 6.07) is 0. The molecule has 11 heteroatoms. The van der Waals surface area contributed by atoms with Gasteiger partial charge in [0.1, 0.15) is 5.60 Å². The second-order valence-electron chi connectivity index (χ2n) is 7.34. The highest BCUT2D eigenvalue weighted by Crippen LogP contribution is 2.65. The molecule has 0 bridgehead atoms. The van der Waals surface area contributed by atoms with Crippen molar-refractivity contribution in [2.45, 2.75) is 66.1 Å². The van der Waals surface area contributed by atoms with Crippen molar-refractivity contribution in [3.8, 4) is 0 Å². The maximum absolute atomic E-state index is 13.6. The molecule has 0 aromatic heterocycles. The predicted molar refractivity (Wildman–Crippen MR) is 105 cm³/mol. The summed E-state index contributed by atoms with van der Waals surface area (Å²) in [4.78, 5) is 38.2. The Labute approximate surface area is 171 Å². The third-order valence-electron chi connectivity index (χ3n) is 4.03. The zero-order valence-electron chi connectivity index (χ0n) is 18.3. The van der Waals surface area contributed by atoms with Crippen LogP contribution in [0.25, 0.3) is 0 Å². The first-order valence-corrected chi connectivity index (χ1v) is 10.9. The van der Waals surface area contributed by atoms with Crippen molar-refractivity contribution >= 4 is 25.6 Å². The van der Waals surface area contributed by atoms with Crippen LogP contribution in [0.4, 0.5) is 4.79 Å². The molecule has 0 saturated carbocycles. The molecule has 0 aromatic carbocycles. The number of hydrogen-bond donors (Lipinski definition) is 1. The van der Waals surface area contributed by atoms with Gasteiger partial charge in [0.15, 0.2) is 5.16 Å². The molecule has 0 saturated heterocycles. The van der Waals surface area contributed by atoms with E-state index in [1.54, 1.807) is 41.5 Å². The van der Waals surface area contributed by atoms with E-state index in [0.717, 1.165) is 5.01 Å². The van der Waals surface area contributed by atoms with Crippen molar-refractivity contribution in [3.05, 3.63) is 11.3 Å². The Bertz CT molecular complexity index is 733. The lowest BCUT2D eigenvalue weighted by molar-refractivity contribution is -0.140. The summed E-state index contributed by atoms with van der Waals surface area (Å²) in [5.41, 5.74) is 1.32. The molecule has 1 N–H and O–H groups in total. The Morgan fingerprint density at radius 3 is 2.03 bits per heavy atom. The van der Waals surface area contributed by atoms with Crippen molar-refractivity contribution in [1.82, 2.24) is 10.4 Å². The molecule has 0 radical (unpaired) electrons. The molecule has 0 aromatic rings. The number of hydrazine groups is 1. The first-order chi connectivity index (χ1) is 13.3. The van der Waals surface area contributed by atoms with Crippen molar-refractivity contribution in [2.75, 3.05) is 19.8 Å². The second-order valence-corrected chi connectivity index (χ2v) is 9.75. The monoisotopic (exact) mass is 434 g/mol. The van der Waals surface area contributed by atoms with Crippen molar-refractivity contribution in [3.63, 3.8) is 0 Å². The van der Waals surface area contributed by atoms with Gasteiger partial charge in [0.25, 0.3) is 5.91 Å². The lowest BCUT2D eigenvalue weighted by Gasteiger charge is -2.32. The number of allylic oxidation sites excluding steroid dienone is 1. The van der Waals surface area contributed by atoms with Crippen molar-refractivity contribution in [2.24, 2.45) is 0 Å². The van der Waals surface area contributed by atoms with E-state index in [-0.39, 0.29) is 31.1 Å². The van der Waals surface area contributed by atoms with Crippen molar-refractivity contribution < 1.29 is 37.5 Å². The first kappa shape index (κ1) is 25.1. The van der Waals surface area contributed by atoms with Gasteiger partial charge in [-0.05, 0) is 55.4 Å². The predicted octanol–water partition coefficient (Wildman–Crippen LogP) is 3.13. The smallest absolute Gasteiger partial charge is 0.427 e. The van der Waals surface area contributed by atoms with Crippen LogP contribution in [0.1, 0.15) is 55.4 Å². The van der Waals surface area contributed by atoms with Crippen LogP contribution >= 0.6 is 7.60 Å². The van der Waals surface area contributed by atoms with E-state index in [9.17, 15) is 18.9 Å². The fourth-order valence-corrected chi connectivity index (χ4v) is 5.04. The van der Waals surface area contributed by atoms with Crippen LogP contribution in [-0.2, 0) is 32.7 Å². The zero-order valence-corrected chi connectivity index (χ0v) is 19.2. The van der Waals surface area contributed by atoms with Gasteiger partial charge in [0.2, 0.25) is 0 Å². The third kappa shape index (κ3) is 4.99. The van der Waals surface area contributed by atoms with E-state index in [0.29, 0.717) is 0 Å². The number of ether oxygens (including phenoxy) is 2. The highest BCUT2D eigenvalue weighted by molar-refractivity contribution is 7.57. The molecule has 2 amide bonds. The van der Waals surface area contributed by atoms with Gasteiger partial charge in [-0.25, -0.2) is 20.0 Å². The minimum Gasteiger partial charge on any atom is -0.463 e. The molecule has 0 spiro atoms. The van der Waals surface area contributed by atoms with E-state index in [1.807, 2.05) is 0 Å². The summed E-state index contributed by atoms with van der Waals surface area (Å²) in [5.74, 6) is -1.71. The van der Waals surface area contributed by atoms with Gasteiger partial charge >= 0.3 is 19.7 Å². The highest BCUT2D eigenvalue weighted by Gasteiger charge is 2.64. The number of esters is 1. The van der Waals surface area contributed by atoms with E-state index in [2.05, 4.69) is 5.43 Å². The minimum atomic E-state index is -4.17. The number of nitrogens with one attached hydrogen (secondary N) is 1. The summed E-state index contributed by atoms with van der Waals surface area (Å²) < 4.78 is 34.6. The molecule has 1 unspecified atom stereocenters. The minimum absolute atomic E-state index is 0.0191.